The number of nitro groups is 1. The molecule has 1 aromatic carbocycles. The van der Waals surface area contributed by atoms with Crippen LogP contribution in [-0.4, -0.2) is 18.5 Å². The van der Waals surface area contributed by atoms with Crippen molar-refractivity contribution < 1.29 is 4.92 Å². The Morgan fingerprint density at radius 1 is 1.29 bits per heavy atom. The zero-order valence-corrected chi connectivity index (χ0v) is 9.04. The molecule has 0 spiro atoms. The molecule has 8 nitrogen and oxygen atoms in total. The predicted molar refractivity (Wildman–Crippen MR) is 61.6 cm³/mol. The Kier molecular flexibility index (Phi) is 4.35. The van der Waals surface area contributed by atoms with Crippen LogP contribution in [0.25, 0.3) is 0 Å². The lowest BCUT2D eigenvalue weighted by atomic mass is 10.1. The standard InChI is InChI=1S/C9H10N4O4/c1-10-3-2-6-4-7(11-14)8(12-15)5-9(6)13(16)17/h4-5,10H,2-3H2,1H3. The molecule has 0 saturated heterocycles. The van der Waals surface area contributed by atoms with Gasteiger partial charge in [-0.2, -0.15) is 0 Å². The number of nitrogens with one attached hydrogen (secondary N) is 1. The van der Waals surface area contributed by atoms with E-state index < -0.39 is 4.92 Å². The predicted octanol–water partition coefficient (Wildman–Crippen LogP) is 2.15. The van der Waals surface area contributed by atoms with Gasteiger partial charge in [-0.05, 0) is 36.4 Å². The summed E-state index contributed by atoms with van der Waals surface area (Å²) in [7, 11) is 1.70. The van der Waals surface area contributed by atoms with Crippen LogP contribution in [0, 0.1) is 19.9 Å². The molecular formula is C9H10N4O4. The van der Waals surface area contributed by atoms with Crippen LogP contribution in [0.15, 0.2) is 22.5 Å². The Morgan fingerprint density at radius 3 is 2.35 bits per heavy atom. The summed E-state index contributed by atoms with van der Waals surface area (Å²) in [6.07, 6.45) is 0.356. The first-order chi connectivity index (χ1) is 8.13. The normalized spacial score (nSPS) is 9.94. The van der Waals surface area contributed by atoms with Crippen LogP contribution in [0.1, 0.15) is 5.56 Å². The summed E-state index contributed by atoms with van der Waals surface area (Å²) in [5, 5.41) is 18.8. The maximum absolute atomic E-state index is 10.8. The van der Waals surface area contributed by atoms with Crippen LogP contribution < -0.4 is 5.32 Å². The van der Waals surface area contributed by atoms with E-state index >= 15 is 0 Å². The van der Waals surface area contributed by atoms with Crippen molar-refractivity contribution >= 4 is 17.1 Å². The van der Waals surface area contributed by atoms with Gasteiger partial charge in [-0.1, -0.05) is 0 Å². The van der Waals surface area contributed by atoms with Crippen LogP contribution in [0.4, 0.5) is 17.1 Å². The monoisotopic (exact) mass is 238 g/mol. The summed E-state index contributed by atoms with van der Waals surface area (Å²) in [6, 6.07) is 2.19. The van der Waals surface area contributed by atoms with Gasteiger partial charge in [0.05, 0.1) is 4.92 Å². The minimum absolute atomic E-state index is 0.184. The summed E-state index contributed by atoms with van der Waals surface area (Å²) < 4.78 is 0. The Bertz CT molecular complexity index is 461. The summed E-state index contributed by atoms with van der Waals surface area (Å²) in [4.78, 5) is 31.0. The molecule has 0 bridgehead atoms. The van der Waals surface area contributed by atoms with Crippen molar-refractivity contribution in [3.05, 3.63) is 37.6 Å². The second kappa shape index (κ2) is 5.75. The van der Waals surface area contributed by atoms with Gasteiger partial charge in [0, 0.05) is 11.6 Å². The van der Waals surface area contributed by atoms with E-state index in [2.05, 4.69) is 15.7 Å². The zero-order valence-electron chi connectivity index (χ0n) is 9.04. The van der Waals surface area contributed by atoms with Crippen molar-refractivity contribution in [3.63, 3.8) is 0 Å². The summed E-state index contributed by atoms with van der Waals surface area (Å²) in [5.74, 6) is 0. The smallest absolute Gasteiger partial charge is 0.275 e. The molecule has 0 saturated carbocycles. The number of nitroso groups, excluding NO2 is 2. The van der Waals surface area contributed by atoms with Gasteiger partial charge in [0.1, 0.15) is 11.4 Å². The highest BCUT2D eigenvalue weighted by Gasteiger charge is 2.18. The SMILES string of the molecule is CNCCc1cc(N=O)c(N=O)cc1[N+](=O)[O-]. The highest BCUT2D eigenvalue weighted by Crippen LogP contribution is 2.34. The van der Waals surface area contributed by atoms with Crippen LogP contribution in [0.2, 0.25) is 0 Å². The van der Waals surface area contributed by atoms with E-state index in [0.29, 0.717) is 18.5 Å². The van der Waals surface area contributed by atoms with Crippen LogP contribution in [-0.2, 0) is 6.42 Å². The highest BCUT2D eigenvalue weighted by molar-refractivity contribution is 5.68. The average molecular weight is 238 g/mol. The third-order valence-corrected chi connectivity index (χ3v) is 2.21. The van der Waals surface area contributed by atoms with Gasteiger partial charge in [-0.3, -0.25) is 10.1 Å². The van der Waals surface area contributed by atoms with Crippen LogP contribution >= 0.6 is 0 Å². The lowest BCUT2D eigenvalue weighted by Gasteiger charge is -2.04. The summed E-state index contributed by atoms with van der Waals surface area (Å²) in [5.41, 5.74) is -0.398. The molecule has 0 amide bonds. The molecule has 1 aromatic rings. The molecule has 0 radical (unpaired) electrons. The van der Waals surface area contributed by atoms with Gasteiger partial charge in [0.15, 0.2) is 0 Å². The Morgan fingerprint density at radius 2 is 1.88 bits per heavy atom. The number of rotatable bonds is 6. The van der Waals surface area contributed by atoms with Gasteiger partial charge in [0.25, 0.3) is 5.69 Å². The zero-order chi connectivity index (χ0) is 12.8. The molecule has 0 aromatic heterocycles. The van der Waals surface area contributed by atoms with Gasteiger partial charge in [-0.25, -0.2) is 0 Å². The van der Waals surface area contributed by atoms with Gasteiger partial charge < -0.3 is 5.32 Å². The van der Waals surface area contributed by atoms with Crippen molar-refractivity contribution in [1.82, 2.24) is 5.32 Å². The van der Waals surface area contributed by atoms with Crippen molar-refractivity contribution in [1.29, 1.82) is 0 Å². The minimum Gasteiger partial charge on any atom is -0.319 e. The van der Waals surface area contributed by atoms with E-state index in [-0.39, 0.29) is 17.1 Å². The number of hydrogen-bond donors (Lipinski definition) is 1. The molecule has 1 N–H and O–H groups in total. The fourth-order valence-corrected chi connectivity index (χ4v) is 1.39. The Hall–Kier alpha value is -2.22. The van der Waals surface area contributed by atoms with Gasteiger partial charge >= 0.3 is 0 Å². The van der Waals surface area contributed by atoms with E-state index in [0.717, 1.165) is 6.07 Å². The molecule has 0 aliphatic heterocycles. The fourth-order valence-electron chi connectivity index (χ4n) is 1.39. The Balaban J connectivity index is 3.29. The number of likely N-dealkylation sites (N-methyl/N-ethyl adjacent to an activating group) is 1. The first-order valence-corrected chi connectivity index (χ1v) is 4.76. The number of hydrogen-bond acceptors (Lipinski definition) is 7. The molecule has 90 valence electrons. The first kappa shape index (κ1) is 12.8. The Labute approximate surface area is 96.1 Å². The van der Waals surface area contributed by atoms with Crippen molar-refractivity contribution in [2.45, 2.75) is 6.42 Å². The summed E-state index contributed by atoms with van der Waals surface area (Å²) in [6.45, 7) is 0.507. The molecule has 0 fully saturated rings. The maximum atomic E-state index is 10.8. The van der Waals surface area contributed by atoms with Gasteiger partial charge in [0.2, 0.25) is 0 Å². The molecule has 8 heteroatoms. The highest BCUT2D eigenvalue weighted by atomic mass is 16.6. The second-order valence-electron chi connectivity index (χ2n) is 3.26. The molecule has 0 heterocycles. The fraction of sp³-hybridized carbons (Fsp3) is 0.333. The molecule has 0 aliphatic carbocycles. The number of nitro benzene ring substituents is 1. The van der Waals surface area contributed by atoms with E-state index in [4.69, 9.17) is 0 Å². The largest absolute Gasteiger partial charge is 0.319 e. The third kappa shape index (κ3) is 2.88. The van der Waals surface area contributed by atoms with Crippen molar-refractivity contribution in [3.8, 4) is 0 Å². The molecule has 1 rings (SSSR count). The van der Waals surface area contributed by atoms with E-state index in [1.807, 2.05) is 0 Å². The lowest BCUT2D eigenvalue weighted by molar-refractivity contribution is -0.385. The number of nitrogens with zero attached hydrogens (tertiary/aromatic N) is 3. The summed E-state index contributed by atoms with van der Waals surface area (Å²) >= 11 is 0. The van der Waals surface area contributed by atoms with E-state index in [1.165, 1.54) is 6.07 Å². The maximum Gasteiger partial charge on any atom is 0.275 e. The van der Waals surface area contributed by atoms with Crippen LogP contribution in [0.5, 0.6) is 0 Å². The topological polar surface area (TPSA) is 114 Å². The van der Waals surface area contributed by atoms with Crippen molar-refractivity contribution in [2.24, 2.45) is 10.4 Å². The average Bonchev–Trinajstić information content (AvgIpc) is 2.34. The molecule has 0 atom stereocenters. The minimum atomic E-state index is -0.617. The van der Waals surface area contributed by atoms with Gasteiger partial charge in [-0.15, -0.1) is 9.81 Å². The quantitative estimate of drug-likeness (QED) is 0.463. The van der Waals surface area contributed by atoms with Crippen LogP contribution in [0.3, 0.4) is 0 Å². The molecule has 0 aliphatic rings. The molecular weight excluding hydrogens is 228 g/mol. The third-order valence-electron chi connectivity index (χ3n) is 2.21. The molecule has 0 unspecified atom stereocenters. The van der Waals surface area contributed by atoms with E-state index in [9.17, 15) is 19.9 Å². The lowest BCUT2D eigenvalue weighted by Crippen LogP contribution is -2.11. The second-order valence-corrected chi connectivity index (χ2v) is 3.26. The number of benzene rings is 1. The molecule has 17 heavy (non-hydrogen) atoms. The van der Waals surface area contributed by atoms with E-state index in [1.54, 1.807) is 7.05 Å². The first-order valence-electron chi connectivity index (χ1n) is 4.76. The van der Waals surface area contributed by atoms with Crippen molar-refractivity contribution in [2.75, 3.05) is 13.6 Å².